The molecule has 0 aliphatic carbocycles. The van der Waals surface area contributed by atoms with Gasteiger partial charge in [0.1, 0.15) is 5.75 Å². The summed E-state index contributed by atoms with van der Waals surface area (Å²) in [5.74, 6) is 4.60. The van der Waals surface area contributed by atoms with Crippen molar-refractivity contribution in [3.8, 4) is 5.75 Å². The molecule has 1 unspecified atom stereocenters. The Morgan fingerprint density at radius 3 is 2.48 bits per heavy atom. The van der Waals surface area contributed by atoms with Crippen molar-refractivity contribution in [3.63, 3.8) is 0 Å². The number of para-hydroxylation sites is 1. The monoisotopic (exact) mass is 292 g/mol. The third-order valence-electron chi connectivity index (χ3n) is 3.18. The van der Waals surface area contributed by atoms with Crippen molar-refractivity contribution in [2.45, 2.75) is 18.9 Å². The number of hydrogen-bond acceptors (Lipinski definition) is 3. The number of ether oxygens (including phenoxy) is 1. The zero-order valence-corrected chi connectivity index (χ0v) is 11.6. The van der Waals surface area contributed by atoms with Crippen molar-refractivity contribution < 1.29 is 13.5 Å². The standard InChI is InChI=1S/C16H18F2N2O/c17-15-7-6-12(11-16(15)18)10-13(20-19)8-9-21-14-4-2-1-3-5-14/h1-7,11,13,20H,8-10,19H2. The number of benzene rings is 2. The first-order valence-corrected chi connectivity index (χ1v) is 6.77. The van der Waals surface area contributed by atoms with Gasteiger partial charge in [0, 0.05) is 6.04 Å². The minimum atomic E-state index is -0.844. The fourth-order valence-electron chi connectivity index (χ4n) is 2.03. The Morgan fingerprint density at radius 2 is 1.81 bits per heavy atom. The normalized spacial score (nSPS) is 12.1. The lowest BCUT2D eigenvalue weighted by Crippen LogP contribution is -2.38. The summed E-state index contributed by atoms with van der Waals surface area (Å²) in [4.78, 5) is 0. The molecule has 0 saturated carbocycles. The molecule has 0 aromatic heterocycles. The van der Waals surface area contributed by atoms with Gasteiger partial charge in [0.2, 0.25) is 0 Å². The van der Waals surface area contributed by atoms with Crippen LogP contribution < -0.4 is 16.0 Å². The van der Waals surface area contributed by atoms with Crippen LogP contribution >= 0.6 is 0 Å². The fraction of sp³-hybridized carbons (Fsp3) is 0.250. The number of halogens is 2. The molecule has 21 heavy (non-hydrogen) atoms. The van der Waals surface area contributed by atoms with E-state index in [4.69, 9.17) is 10.6 Å². The molecule has 0 radical (unpaired) electrons. The summed E-state index contributed by atoms with van der Waals surface area (Å²) in [5.41, 5.74) is 3.37. The lowest BCUT2D eigenvalue weighted by Gasteiger charge is -2.16. The van der Waals surface area contributed by atoms with Gasteiger partial charge in [-0.1, -0.05) is 24.3 Å². The van der Waals surface area contributed by atoms with Crippen LogP contribution in [0.1, 0.15) is 12.0 Å². The minimum Gasteiger partial charge on any atom is -0.494 e. The van der Waals surface area contributed by atoms with E-state index >= 15 is 0 Å². The molecule has 2 aromatic rings. The lowest BCUT2D eigenvalue weighted by atomic mass is 10.0. The minimum absolute atomic E-state index is 0.0708. The summed E-state index contributed by atoms with van der Waals surface area (Å²) in [7, 11) is 0. The first-order chi connectivity index (χ1) is 10.2. The van der Waals surface area contributed by atoms with Crippen LogP contribution in [0, 0.1) is 11.6 Å². The predicted molar refractivity (Wildman–Crippen MR) is 77.7 cm³/mol. The molecule has 3 nitrogen and oxygen atoms in total. The summed E-state index contributed by atoms with van der Waals surface area (Å²) >= 11 is 0. The maximum atomic E-state index is 13.2. The summed E-state index contributed by atoms with van der Waals surface area (Å²) < 4.78 is 31.6. The van der Waals surface area contributed by atoms with E-state index in [-0.39, 0.29) is 6.04 Å². The van der Waals surface area contributed by atoms with E-state index < -0.39 is 11.6 Å². The lowest BCUT2D eigenvalue weighted by molar-refractivity contribution is 0.285. The van der Waals surface area contributed by atoms with Gasteiger partial charge in [-0.05, 0) is 42.7 Å². The van der Waals surface area contributed by atoms with Crippen molar-refractivity contribution in [2.24, 2.45) is 5.84 Å². The van der Waals surface area contributed by atoms with Crippen LogP contribution in [0.25, 0.3) is 0 Å². The highest BCUT2D eigenvalue weighted by Gasteiger charge is 2.10. The average molecular weight is 292 g/mol. The Balaban J connectivity index is 1.84. The third-order valence-corrected chi connectivity index (χ3v) is 3.18. The second-order valence-corrected chi connectivity index (χ2v) is 4.77. The zero-order chi connectivity index (χ0) is 15.1. The Labute approximate surface area is 122 Å². The van der Waals surface area contributed by atoms with E-state index in [9.17, 15) is 8.78 Å². The summed E-state index contributed by atoms with van der Waals surface area (Å²) in [6, 6.07) is 13.3. The van der Waals surface area contributed by atoms with E-state index in [1.807, 2.05) is 30.3 Å². The number of hydrogen-bond donors (Lipinski definition) is 2. The molecule has 0 aliphatic rings. The smallest absolute Gasteiger partial charge is 0.159 e. The average Bonchev–Trinajstić information content (AvgIpc) is 2.51. The number of nitrogens with two attached hydrogens (primary N) is 1. The van der Waals surface area contributed by atoms with Crippen LogP contribution in [0.5, 0.6) is 5.75 Å². The molecule has 0 heterocycles. The Hall–Kier alpha value is -1.98. The second kappa shape index (κ2) is 7.71. The Bertz CT molecular complexity index is 563. The SMILES string of the molecule is NNC(CCOc1ccccc1)Cc1ccc(F)c(F)c1. The summed E-state index contributed by atoms with van der Waals surface area (Å²) in [6.07, 6.45) is 1.16. The largest absolute Gasteiger partial charge is 0.494 e. The van der Waals surface area contributed by atoms with Gasteiger partial charge in [0.05, 0.1) is 6.61 Å². The molecular formula is C16H18F2N2O. The van der Waals surface area contributed by atoms with Crippen LogP contribution in [-0.4, -0.2) is 12.6 Å². The van der Waals surface area contributed by atoms with Crippen LogP contribution in [0.3, 0.4) is 0 Å². The Morgan fingerprint density at radius 1 is 1.05 bits per heavy atom. The maximum Gasteiger partial charge on any atom is 0.159 e. The van der Waals surface area contributed by atoms with Gasteiger partial charge in [-0.3, -0.25) is 11.3 Å². The molecule has 0 amide bonds. The quantitative estimate of drug-likeness (QED) is 0.609. The molecule has 1 atom stereocenters. The van der Waals surface area contributed by atoms with Crippen molar-refractivity contribution >= 4 is 0 Å². The molecule has 0 fully saturated rings. The van der Waals surface area contributed by atoms with Gasteiger partial charge >= 0.3 is 0 Å². The molecule has 0 saturated heterocycles. The maximum absolute atomic E-state index is 13.2. The molecule has 112 valence electrons. The highest BCUT2D eigenvalue weighted by molar-refractivity contribution is 5.21. The van der Waals surface area contributed by atoms with Gasteiger partial charge in [-0.15, -0.1) is 0 Å². The van der Waals surface area contributed by atoms with Crippen LogP contribution in [-0.2, 0) is 6.42 Å². The zero-order valence-electron chi connectivity index (χ0n) is 11.6. The van der Waals surface area contributed by atoms with Gasteiger partial charge in [0.15, 0.2) is 11.6 Å². The first-order valence-electron chi connectivity index (χ1n) is 6.77. The molecule has 3 N–H and O–H groups in total. The van der Waals surface area contributed by atoms with Crippen molar-refractivity contribution in [1.29, 1.82) is 0 Å². The van der Waals surface area contributed by atoms with Gasteiger partial charge < -0.3 is 4.74 Å². The van der Waals surface area contributed by atoms with Gasteiger partial charge in [-0.25, -0.2) is 8.78 Å². The van der Waals surface area contributed by atoms with E-state index in [2.05, 4.69) is 5.43 Å². The topological polar surface area (TPSA) is 47.3 Å². The Kier molecular flexibility index (Phi) is 5.66. The highest BCUT2D eigenvalue weighted by Crippen LogP contribution is 2.13. The van der Waals surface area contributed by atoms with Crippen molar-refractivity contribution in [2.75, 3.05) is 6.61 Å². The summed E-state index contributed by atoms with van der Waals surface area (Å²) in [6.45, 7) is 0.489. The van der Waals surface area contributed by atoms with Crippen LogP contribution in [0.15, 0.2) is 48.5 Å². The molecule has 0 spiro atoms. The fourth-order valence-corrected chi connectivity index (χ4v) is 2.03. The van der Waals surface area contributed by atoms with E-state index in [0.717, 1.165) is 11.8 Å². The van der Waals surface area contributed by atoms with Crippen LogP contribution in [0.2, 0.25) is 0 Å². The number of hydrazine groups is 1. The number of nitrogens with one attached hydrogen (secondary N) is 1. The highest BCUT2D eigenvalue weighted by atomic mass is 19.2. The van der Waals surface area contributed by atoms with Gasteiger partial charge in [-0.2, -0.15) is 0 Å². The molecule has 5 heteroatoms. The van der Waals surface area contributed by atoms with Crippen molar-refractivity contribution in [1.82, 2.24) is 5.43 Å². The second-order valence-electron chi connectivity index (χ2n) is 4.77. The van der Waals surface area contributed by atoms with E-state index in [1.165, 1.54) is 6.07 Å². The van der Waals surface area contributed by atoms with Gasteiger partial charge in [0.25, 0.3) is 0 Å². The van der Waals surface area contributed by atoms with Crippen LogP contribution in [0.4, 0.5) is 8.78 Å². The molecule has 0 aliphatic heterocycles. The molecule has 2 aromatic carbocycles. The molecule has 2 rings (SSSR count). The van der Waals surface area contributed by atoms with Crippen molar-refractivity contribution in [3.05, 3.63) is 65.7 Å². The predicted octanol–water partition coefficient (Wildman–Crippen LogP) is 2.81. The number of rotatable bonds is 7. The summed E-state index contributed by atoms with van der Waals surface area (Å²) in [5, 5.41) is 0. The van der Waals surface area contributed by atoms with E-state index in [0.29, 0.717) is 25.0 Å². The van der Waals surface area contributed by atoms with E-state index in [1.54, 1.807) is 6.07 Å². The molecular weight excluding hydrogens is 274 g/mol. The first kappa shape index (κ1) is 15.4. The third kappa shape index (κ3) is 4.81. The molecule has 0 bridgehead atoms.